The van der Waals surface area contributed by atoms with Gasteiger partial charge in [-0.3, -0.25) is 9.59 Å². The molecule has 0 aromatic carbocycles. The van der Waals surface area contributed by atoms with Gasteiger partial charge >= 0.3 is 0 Å². The third kappa shape index (κ3) is 3.26. The predicted octanol–water partition coefficient (Wildman–Crippen LogP) is 0.727. The monoisotopic (exact) mass is 267 g/mol. The highest BCUT2D eigenvalue weighted by molar-refractivity contribution is 5.88. The van der Waals surface area contributed by atoms with Gasteiger partial charge in [0, 0.05) is 32.1 Å². The molecule has 2 aliphatic heterocycles. The fourth-order valence-corrected chi connectivity index (χ4v) is 3.04. The van der Waals surface area contributed by atoms with E-state index in [-0.39, 0.29) is 23.9 Å². The van der Waals surface area contributed by atoms with Crippen LogP contribution in [0.5, 0.6) is 0 Å². The van der Waals surface area contributed by atoms with Crippen molar-refractivity contribution in [3.8, 4) is 0 Å². The summed E-state index contributed by atoms with van der Waals surface area (Å²) in [4.78, 5) is 28.3. The zero-order valence-electron chi connectivity index (χ0n) is 11.8. The van der Waals surface area contributed by atoms with E-state index in [1.165, 1.54) is 0 Å². The number of carbonyl (C=O) groups excluding carboxylic acids is 2. The Morgan fingerprint density at radius 1 is 1.21 bits per heavy atom. The summed E-state index contributed by atoms with van der Waals surface area (Å²) in [6.07, 6.45) is 5.11. The molecule has 0 aromatic heterocycles. The number of likely N-dealkylation sites (tertiary alicyclic amines) is 2. The normalized spacial score (nSPS) is 27.7. The molecule has 2 fully saturated rings. The molecule has 0 aliphatic carbocycles. The van der Waals surface area contributed by atoms with Crippen molar-refractivity contribution in [1.29, 1.82) is 0 Å². The highest BCUT2D eigenvalue weighted by atomic mass is 16.2. The van der Waals surface area contributed by atoms with Crippen LogP contribution in [0.2, 0.25) is 0 Å². The molecule has 2 N–H and O–H groups in total. The van der Waals surface area contributed by atoms with Gasteiger partial charge in [-0.2, -0.15) is 0 Å². The van der Waals surface area contributed by atoms with Gasteiger partial charge in [-0.05, 0) is 32.1 Å². The summed E-state index contributed by atoms with van der Waals surface area (Å²) in [5, 5.41) is 0. The lowest BCUT2D eigenvalue weighted by atomic mass is 10.00. The molecule has 19 heavy (non-hydrogen) atoms. The summed E-state index contributed by atoms with van der Waals surface area (Å²) in [6, 6.07) is -0.134. The van der Waals surface area contributed by atoms with E-state index in [0.717, 1.165) is 45.2 Å². The van der Waals surface area contributed by atoms with E-state index in [0.29, 0.717) is 13.0 Å². The van der Waals surface area contributed by atoms with Crippen LogP contribution in [0.4, 0.5) is 0 Å². The largest absolute Gasteiger partial charge is 0.339 e. The third-order valence-corrected chi connectivity index (χ3v) is 4.11. The van der Waals surface area contributed by atoms with Crippen LogP contribution in [0.15, 0.2) is 0 Å². The highest BCUT2D eigenvalue weighted by Crippen LogP contribution is 2.22. The van der Waals surface area contributed by atoms with Crippen molar-refractivity contribution in [3.05, 3.63) is 0 Å². The summed E-state index contributed by atoms with van der Waals surface area (Å²) in [5.41, 5.74) is 5.86. The summed E-state index contributed by atoms with van der Waals surface area (Å²) >= 11 is 0. The zero-order valence-corrected chi connectivity index (χ0v) is 11.8. The lowest BCUT2D eigenvalue weighted by molar-refractivity contribution is -0.147. The SMILES string of the molecule is CCCC(=O)N1CCCCC1C(=O)N1CC[C@@H](N)C1. The maximum Gasteiger partial charge on any atom is 0.245 e. The Labute approximate surface area is 115 Å². The minimum absolute atomic E-state index is 0.104. The van der Waals surface area contributed by atoms with E-state index < -0.39 is 0 Å². The second-order valence-corrected chi connectivity index (χ2v) is 5.68. The van der Waals surface area contributed by atoms with Crippen LogP contribution in [0.3, 0.4) is 0 Å². The Bertz CT molecular complexity index is 346. The summed E-state index contributed by atoms with van der Waals surface area (Å²) < 4.78 is 0. The average Bonchev–Trinajstić information content (AvgIpc) is 2.85. The van der Waals surface area contributed by atoms with Crippen LogP contribution in [0.1, 0.15) is 45.4 Å². The van der Waals surface area contributed by atoms with Crippen LogP contribution >= 0.6 is 0 Å². The molecular formula is C14H25N3O2. The van der Waals surface area contributed by atoms with E-state index in [9.17, 15) is 9.59 Å². The molecule has 0 saturated carbocycles. The second kappa shape index (κ2) is 6.37. The first-order valence-electron chi connectivity index (χ1n) is 7.47. The Morgan fingerprint density at radius 2 is 2.00 bits per heavy atom. The number of nitrogens with zero attached hydrogens (tertiary/aromatic N) is 2. The molecule has 5 heteroatoms. The number of amides is 2. The smallest absolute Gasteiger partial charge is 0.245 e. The topological polar surface area (TPSA) is 66.6 Å². The van der Waals surface area contributed by atoms with Crippen LogP contribution in [0, 0.1) is 0 Å². The second-order valence-electron chi connectivity index (χ2n) is 5.68. The molecule has 0 aromatic rings. The Hall–Kier alpha value is -1.10. The number of nitrogens with two attached hydrogens (primary N) is 1. The fourth-order valence-electron chi connectivity index (χ4n) is 3.04. The summed E-state index contributed by atoms with van der Waals surface area (Å²) in [5.74, 6) is 0.237. The molecule has 2 amide bonds. The standard InChI is InChI=1S/C14H25N3O2/c1-2-5-13(18)17-8-4-3-6-12(17)14(19)16-9-7-11(15)10-16/h11-12H,2-10,15H2,1H3/t11-,12?/m1/s1. The number of carbonyl (C=O) groups is 2. The molecule has 108 valence electrons. The lowest BCUT2D eigenvalue weighted by Gasteiger charge is -2.36. The minimum Gasteiger partial charge on any atom is -0.339 e. The van der Waals surface area contributed by atoms with Crippen molar-refractivity contribution in [2.45, 2.75) is 57.5 Å². The van der Waals surface area contributed by atoms with E-state index in [1.807, 2.05) is 11.8 Å². The highest BCUT2D eigenvalue weighted by Gasteiger charge is 2.36. The fraction of sp³-hybridized carbons (Fsp3) is 0.857. The quantitative estimate of drug-likeness (QED) is 0.819. The predicted molar refractivity (Wildman–Crippen MR) is 73.4 cm³/mol. The van der Waals surface area contributed by atoms with E-state index in [1.54, 1.807) is 4.90 Å². The maximum atomic E-state index is 12.5. The van der Waals surface area contributed by atoms with Crippen molar-refractivity contribution < 1.29 is 9.59 Å². The van der Waals surface area contributed by atoms with Gasteiger partial charge in [0.1, 0.15) is 6.04 Å². The van der Waals surface area contributed by atoms with E-state index in [4.69, 9.17) is 5.73 Å². The molecule has 2 atom stereocenters. The van der Waals surface area contributed by atoms with E-state index >= 15 is 0 Å². The molecule has 2 rings (SSSR count). The van der Waals surface area contributed by atoms with Gasteiger partial charge in [-0.1, -0.05) is 6.92 Å². The molecule has 1 unspecified atom stereocenters. The average molecular weight is 267 g/mol. The molecule has 0 bridgehead atoms. The molecule has 2 heterocycles. The third-order valence-electron chi connectivity index (χ3n) is 4.11. The van der Waals surface area contributed by atoms with Crippen LogP contribution < -0.4 is 5.73 Å². The molecule has 2 saturated heterocycles. The molecular weight excluding hydrogens is 242 g/mol. The summed E-state index contributed by atoms with van der Waals surface area (Å²) in [7, 11) is 0. The van der Waals surface area contributed by atoms with Crippen LogP contribution in [-0.2, 0) is 9.59 Å². The lowest BCUT2D eigenvalue weighted by Crippen LogP contribution is -2.52. The van der Waals surface area contributed by atoms with Gasteiger partial charge in [-0.15, -0.1) is 0 Å². The van der Waals surface area contributed by atoms with Crippen molar-refractivity contribution in [1.82, 2.24) is 9.80 Å². The minimum atomic E-state index is -0.238. The molecule has 2 aliphatic rings. The Kier molecular flexibility index (Phi) is 4.80. The van der Waals surface area contributed by atoms with Crippen molar-refractivity contribution in [2.24, 2.45) is 5.73 Å². The van der Waals surface area contributed by atoms with Crippen molar-refractivity contribution in [2.75, 3.05) is 19.6 Å². The van der Waals surface area contributed by atoms with Gasteiger partial charge in [0.2, 0.25) is 11.8 Å². The maximum absolute atomic E-state index is 12.5. The molecule has 5 nitrogen and oxygen atoms in total. The zero-order chi connectivity index (χ0) is 13.8. The van der Waals surface area contributed by atoms with Crippen LogP contribution in [-0.4, -0.2) is 53.3 Å². The van der Waals surface area contributed by atoms with Gasteiger partial charge in [0.15, 0.2) is 0 Å². The first kappa shape index (κ1) is 14.3. The first-order chi connectivity index (χ1) is 9.13. The number of piperidine rings is 1. The molecule has 0 spiro atoms. The van der Waals surface area contributed by atoms with Gasteiger partial charge in [0.25, 0.3) is 0 Å². The first-order valence-corrected chi connectivity index (χ1v) is 7.47. The Morgan fingerprint density at radius 3 is 2.63 bits per heavy atom. The summed E-state index contributed by atoms with van der Waals surface area (Å²) in [6.45, 7) is 4.12. The van der Waals surface area contributed by atoms with Gasteiger partial charge in [0.05, 0.1) is 0 Å². The van der Waals surface area contributed by atoms with Gasteiger partial charge in [-0.25, -0.2) is 0 Å². The van der Waals surface area contributed by atoms with Crippen LogP contribution in [0.25, 0.3) is 0 Å². The number of hydrogen-bond acceptors (Lipinski definition) is 3. The van der Waals surface area contributed by atoms with Crippen molar-refractivity contribution >= 4 is 11.8 Å². The van der Waals surface area contributed by atoms with Gasteiger partial charge < -0.3 is 15.5 Å². The van der Waals surface area contributed by atoms with E-state index in [2.05, 4.69) is 0 Å². The Balaban J connectivity index is 2.02. The van der Waals surface area contributed by atoms with Crippen molar-refractivity contribution in [3.63, 3.8) is 0 Å². The number of rotatable bonds is 3. The number of hydrogen-bond donors (Lipinski definition) is 1. The molecule has 0 radical (unpaired) electrons.